The number of rotatable bonds is 3. The number of benzene rings is 1. The quantitative estimate of drug-likeness (QED) is 0.591. The molecule has 0 fully saturated rings. The van der Waals surface area contributed by atoms with Gasteiger partial charge in [0, 0.05) is 9.13 Å². The molecule has 120 valence electrons. The molecule has 1 unspecified atom stereocenters. The van der Waals surface area contributed by atoms with Crippen molar-refractivity contribution in [3.05, 3.63) is 55.9 Å². The maximum atomic E-state index is 14.3. The SMILES string of the molecule is CCOC(=O)C1=C(C)OC(N)=C(C#N)C1c1cc(I)ccc1F. The van der Waals surface area contributed by atoms with E-state index in [-0.39, 0.29) is 35.0 Å². The Morgan fingerprint density at radius 1 is 1.57 bits per heavy atom. The number of halogens is 2. The molecular weight excluding hydrogens is 414 g/mol. The fourth-order valence-electron chi connectivity index (χ4n) is 2.40. The van der Waals surface area contributed by atoms with Crippen LogP contribution in [0.25, 0.3) is 0 Å². The van der Waals surface area contributed by atoms with E-state index in [1.165, 1.54) is 13.0 Å². The Hall–Kier alpha value is -2.08. The van der Waals surface area contributed by atoms with Crippen molar-refractivity contribution < 1.29 is 18.7 Å². The molecule has 1 aliphatic heterocycles. The summed E-state index contributed by atoms with van der Waals surface area (Å²) in [6, 6.07) is 6.37. The van der Waals surface area contributed by atoms with Gasteiger partial charge in [0.15, 0.2) is 0 Å². The lowest BCUT2D eigenvalue weighted by Crippen LogP contribution is -2.26. The fraction of sp³-hybridized carbons (Fsp3) is 0.250. The molecule has 2 rings (SSSR count). The average Bonchev–Trinajstić information content (AvgIpc) is 2.49. The van der Waals surface area contributed by atoms with E-state index in [4.69, 9.17) is 15.2 Å². The second-order valence-corrected chi connectivity index (χ2v) is 6.03. The number of hydrogen-bond donors (Lipinski definition) is 1. The van der Waals surface area contributed by atoms with Crippen molar-refractivity contribution in [1.82, 2.24) is 0 Å². The minimum absolute atomic E-state index is 0.0143. The average molecular weight is 428 g/mol. The van der Waals surface area contributed by atoms with E-state index in [1.807, 2.05) is 28.7 Å². The molecule has 0 spiro atoms. The summed E-state index contributed by atoms with van der Waals surface area (Å²) >= 11 is 2.03. The van der Waals surface area contributed by atoms with Crippen LogP contribution in [0, 0.1) is 20.7 Å². The molecule has 0 radical (unpaired) electrons. The van der Waals surface area contributed by atoms with Crippen molar-refractivity contribution in [1.29, 1.82) is 5.26 Å². The van der Waals surface area contributed by atoms with Gasteiger partial charge in [-0.15, -0.1) is 0 Å². The molecule has 1 aliphatic rings. The van der Waals surface area contributed by atoms with Gasteiger partial charge >= 0.3 is 5.97 Å². The number of nitrogens with two attached hydrogens (primary N) is 1. The van der Waals surface area contributed by atoms with Gasteiger partial charge in [-0.1, -0.05) is 0 Å². The van der Waals surface area contributed by atoms with Gasteiger partial charge in [-0.2, -0.15) is 5.26 Å². The number of allylic oxidation sites excluding steroid dienone is 2. The van der Waals surface area contributed by atoms with Gasteiger partial charge in [-0.3, -0.25) is 0 Å². The highest BCUT2D eigenvalue weighted by Gasteiger charge is 2.37. The van der Waals surface area contributed by atoms with E-state index in [0.717, 1.165) is 3.57 Å². The molecule has 1 aromatic carbocycles. The Balaban J connectivity index is 2.69. The predicted molar refractivity (Wildman–Crippen MR) is 89.1 cm³/mol. The lowest BCUT2D eigenvalue weighted by molar-refractivity contribution is -0.139. The van der Waals surface area contributed by atoms with Gasteiger partial charge < -0.3 is 15.2 Å². The first-order valence-electron chi connectivity index (χ1n) is 6.81. The zero-order valence-electron chi connectivity index (χ0n) is 12.5. The normalized spacial score (nSPS) is 17.6. The Morgan fingerprint density at radius 2 is 2.26 bits per heavy atom. The van der Waals surface area contributed by atoms with Crippen LogP contribution >= 0.6 is 22.6 Å². The second kappa shape index (κ2) is 7.00. The summed E-state index contributed by atoms with van der Waals surface area (Å²) in [5.41, 5.74) is 6.01. The molecular formula is C16H14FIN2O3. The minimum atomic E-state index is -0.956. The van der Waals surface area contributed by atoms with Gasteiger partial charge in [0.2, 0.25) is 5.88 Å². The van der Waals surface area contributed by atoms with Crippen LogP contribution in [0.5, 0.6) is 0 Å². The third-order valence-electron chi connectivity index (χ3n) is 3.37. The topological polar surface area (TPSA) is 85.3 Å². The Bertz CT molecular complexity index is 765. The summed E-state index contributed by atoms with van der Waals surface area (Å²) < 4.78 is 25.4. The van der Waals surface area contributed by atoms with Gasteiger partial charge in [-0.25, -0.2) is 9.18 Å². The van der Waals surface area contributed by atoms with Crippen LogP contribution in [0.15, 0.2) is 41.0 Å². The largest absolute Gasteiger partial charge is 0.463 e. The van der Waals surface area contributed by atoms with E-state index in [1.54, 1.807) is 19.1 Å². The van der Waals surface area contributed by atoms with Crippen LogP contribution < -0.4 is 5.73 Å². The number of carbonyl (C=O) groups is 1. The molecule has 1 atom stereocenters. The molecule has 7 heteroatoms. The summed E-state index contributed by atoms with van der Waals surface area (Å²) in [5, 5.41) is 9.40. The van der Waals surface area contributed by atoms with Gasteiger partial charge in [0.25, 0.3) is 0 Å². The van der Waals surface area contributed by atoms with Crippen LogP contribution in [0.4, 0.5) is 4.39 Å². The first kappa shape index (κ1) is 17.3. The van der Waals surface area contributed by atoms with E-state index >= 15 is 0 Å². The fourth-order valence-corrected chi connectivity index (χ4v) is 2.92. The molecule has 0 aliphatic carbocycles. The Kier molecular flexibility index (Phi) is 5.26. The number of nitrogens with zero attached hydrogens (tertiary/aromatic N) is 1. The highest BCUT2D eigenvalue weighted by Crippen LogP contribution is 2.40. The third kappa shape index (κ3) is 3.32. The van der Waals surface area contributed by atoms with E-state index in [9.17, 15) is 14.4 Å². The molecule has 0 aromatic heterocycles. The second-order valence-electron chi connectivity index (χ2n) is 4.78. The van der Waals surface area contributed by atoms with Crippen LogP contribution in [0.2, 0.25) is 0 Å². The van der Waals surface area contributed by atoms with Crippen molar-refractivity contribution in [3.63, 3.8) is 0 Å². The van der Waals surface area contributed by atoms with Crippen molar-refractivity contribution in [2.45, 2.75) is 19.8 Å². The first-order valence-corrected chi connectivity index (χ1v) is 7.89. The predicted octanol–water partition coefficient (Wildman–Crippen LogP) is 3.08. The van der Waals surface area contributed by atoms with Crippen molar-refractivity contribution >= 4 is 28.6 Å². The monoisotopic (exact) mass is 428 g/mol. The van der Waals surface area contributed by atoms with Gasteiger partial charge in [0.1, 0.15) is 23.2 Å². The highest BCUT2D eigenvalue weighted by molar-refractivity contribution is 14.1. The van der Waals surface area contributed by atoms with E-state index in [2.05, 4.69) is 0 Å². The van der Waals surface area contributed by atoms with Crippen LogP contribution in [-0.2, 0) is 14.3 Å². The zero-order chi connectivity index (χ0) is 17.1. The Labute approximate surface area is 146 Å². The summed E-state index contributed by atoms with van der Waals surface area (Å²) in [5.74, 6) is -2.09. The smallest absolute Gasteiger partial charge is 0.338 e. The standard InChI is InChI=1S/C16H14FIN2O3/c1-3-22-16(21)13-8(2)23-15(20)11(7-19)14(13)10-6-9(18)4-5-12(10)17/h4-6,14H,3,20H2,1-2H3. The lowest BCUT2D eigenvalue weighted by Gasteiger charge is -2.27. The van der Waals surface area contributed by atoms with Crippen molar-refractivity contribution in [2.24, 2.45) is 5.73 Å². The zero-order valence-corrected chi connectivity index (χ0v) is 14.7. The first-order chi connectivity index (χ1) is 10.9. The third-order valence-corrected chi connectivity index (χ3v) is 4.04. The molecule has 1 aromatic rings. The van der Waals surface area contributed by atoms with Crippen LogP contribution in [-0.4, -0.2) is 12.6 Å². The maximum absolute atomic E-state index is 14.3. The summed E-state index contributed by atoms with van der Waals surface area (Å²) in [7, 11) is 0. The number of carbonyl (C=O) groups excluding carboxylic acids is 1. The maximum Gasteiger partial charge on any atom is 0.338 e. The molecule has 0 saturated carbocycles. The molecule has 5 nitrogen and oxygen atoms in total. The van der Waals surface area contributed by atoms with E-state index in [0.29, 0.717) is 0 Å². The summed E-state index contributed by atoms with van der Waals surface area (Å²) in [6.45, 7) is 3.35. The van der Waals surface area contributed by atoms with Crippen molar-refractivity contribution in [3.8, 4) is 6.07 Å². The highest BCUT2D eigenvalue weighted by atomic mass is 127. The number of ether oxygens (including phenoxy) is 2. The Morgan fingerprint density at radius 3 is 2.87 bits per heavy atom. The van der Waals surface area contributed by atoms with Gasteiger partial charge in [-0.05, 0) is 54.6 Å². The molecule has 1 heterocycles. The van der Waals surface area contributed by atoms with Gasteiger partial charge in [0.05, 0.1) is 18.1 Å². The molecule has 0 bridgehead atoms. The van der Waals surface area contributed by atoms with E-state index < -0.39 is 17.7 Å². The summed E-state index contributed by atoms with van der Waals surface area (Å²) in [4.78, 5) is 12.3. The minimum Gasteiger partial charge on any atom is -0.463 e. The van der Waals surface area contributed by atoms with Crippen LogP contribution in [0.1, 0.15) is 25.3 Å². The molecule has 23 heavy (non-hydrogen) atoms. The van der Waals surface area contributed by atoms with Crippen LogP contribution in [0.3, 0.4) is 0 Å². The lowest BCUT2D eigenvalue weighted by atomic mass is 9.83. The number of hydrogen-bond acceptors (Lipinski definition) is 5. The molecule has 2 N–H and O–H groups in total. The molecule has 0 saturated heterocycles. The van der Waals surface area contributed by atoms with Crippen molar-refractivity contribution in [2.75, 3.05) is 6.61 Å². The molecule has 0 amide bonds. The summed E-state index contributed by atoms with van der Waals surface area (Å²) in [6.07, 6.45) is 0. The number of esters is 1. The number of nitriles is 1.